The van der Waals surface area contributed by atoms with Crippen LogP contribution in [0.3, 0.4) is 0 Å². The first-order valence-corrected chi connectivity index (χ1v) is 7.72. The number of urea groups is 1. The number of hydrogen-bond donors (Lipinski definition) is 2. The molecule has 0 aliphatic heterocycles. The molecule has 0 saturated heterocycles. The van der Waals surface area contributed by atoms with Gasteiger partial charge in [0.2, 0.25) is 5.91 Å². The van der Waals surface area contributed by atoms with Crippen LogP contribution in [-0.2, 0) is 17.9 Å². The summed E-state index contributed by atoms with van der Waals surface area (Å²) in [5, 5.41) is 10.0. The molecule has 24 heavy (non-hydrogen) atoms. The average Bonchev–Trinajstić information content (AvgIpc) is 3.28. The van der Waals surface area contributed by atoms with Crippen LogP contribution in [0.25, 0.3) is 10.7 Å². The van der Waals surface area contributed by atoms with Crippen LogP contribution in [0, 0.1) is 0 Å². The summed E-state index contributed by atoms with van der Waals surface area (Å²) in [7, 11) is 0. The average molecular weight is 348 g/mol. The first-order valence-electron chi connectivity index (χ1n) is 6.84. The van der Waals surface area contributed by atoms with Crippen molar-refractivity contribution < 1.29 is 18.5 Å². The topological polar surface area (TPSA) is 119 Å². The van der Waals surface area contributed by atoms with Crippen LogP contribution in [0.4, 0.5) is 4.79 Å². The van der Waals surface area contributed by atoms with Gasteiger partial charge in [-0.25, -0.2) is 14.2 Å². The van der Waals surface area contributed by atoms with Crippen molar-refractivity contribution in [1.29, 1.82) is 0 Å². The Morgan fingerprint density at radius 3 is 2.88 bits per heavy atom. The number of nitrogens with one attached hydrogen (secondary N) is 2. The molecule has 0 fully saturated rings. The van der Waals surface area contributed by atoms with Gasteiger partial charge < -0.3 is 9.73 Å². The molecule has 0 spiro atoms. The molecule has 3 rings (SSSR count). The summed E-state index contributed by atoms with van der Waals surface area (Å²) in [4.78, 5) is 36.0. The van der Waals surface area contributed by atoms with Gasteiger partial charge in [-0.3, -0.25) is 14.6 Å². The van der Waals surface area contributed by atoms with Gasteiger partial charge in [0.15, 0.2) is 5.82 Å². The van der Waals surface area contributed by atoms with E-state index in [2.05, 4.69) is 20.3 Å². The SMILES string of the molecule is O=C(Cn1c(-c2cccs2)noc1=O)NC(=O)NCc1ccco1. The number of carbonyl (C=O) groups excluding carboxylic acids is 2. The van der Waals surface area contributed by atoms with E-state index >= 15 is 0 Å². The molecule has 9 nitrogen and oxygen atoms in total. The van der Waals surface area contributed by atoms with Crippen LogP contribution in [0.5, 0.6) is 0 Å². The number of hydrogen-bond acceptors (Lipinski definition) is 7. The van der Waals surface area contributed by atoms with Crippen LogP contribution in [-0.4, -0.2) is 21.7 Å². The summed E-state index contributed by atoms with van der Waals surface area (Å²) in [5.41, 5.74) is 0. The molecule has 3 heterocycles. The Labute approximate surface area is 138 Å². The summed E-state index contributed by atoms with van der Waals surface area (Å²) in [6, 6.07) is 6.20. The fourth-order valence-electron chi connectivity index (χ4n) is 1.93. The number of thiophene rings is 1. The standard InChI is InChI=1S/C14H12N4O5S/c19-11(16-13(20)15-7-9-3-1-5-22-9)8-18-12(17-23-14(18)21)10-4-2-6-24-10/h1-6H,7-8H2,(H2,15,16,19,20). The molecule has 3 amide bonds. The van der Waals surface area contributed by atoms with Gasteiger partial charge in [0.25, 0.3) is 0 Å². The zero-order valence-corrected chi connectivity index (χ0v) is 13.0. The van der Waals surface area contributed by atoms with Gasteiger partial charge in [0.05, 0.1) is 17.7 Å². The minimum absolute atomic E-state index is 0.139. The van der Waals surface area contributed by atoms with Crippen molar-refractivity contribution in [3.05, 3.63) is 52.2 Å². The molecule has 0 aliphatic carbocycles. The summed E-state index contributed by atoms with van der Waals surface area (Å²) in [6.07, 6.45) is 1.48. The Kier molecular flexibility index (Phi) is 4.57. The lowest BCUT2D eigenvalue weighted by atomic mass is 10.4. The Morgan fingerprint density at radius 2 is 2.17 bits per heavy atom. The monoisotopic (exact) mass is 348 g/mol. The smallest absolute Gasteiger partial charge is 0.442 e. The van der Waals surface area contributed by atoms with Crippen LogP contribution >= 0.6 is 11.3 Å². The van der Waals surface area contributed by atoms with Crippen LogP contribution < -0.4 is 16.4 Å². The molecule has 2 N–H and O–H groups in total. The molecule has 10 heteroatoms. The van der Waals surface area contributed by atoms with Crippen LogP contribution in [0.15, 0.2) is 49.6 Å². The Hall–Kier alpha value is -3.14. The lowest BCUT2D eigenvalue weighted by Crippen LogP contribution is -2.41. The molecule has 0 bridgehead atoms. The van der Waals surface area contributed by atoms with Crippen molar-refractivity contribution in [2.24, 2.45) is 0 Å². The fourth-order valence-corrected chi connectivity index (χ4v) is 2.64. The van der Waals surface area contributed by atoms with Gasteiger partial charge in [0, 0.05) is 0 Å². The molecule has 0 aromatic carbocycles. The molecular formula is C14H12N4O5S. The zero-order valence-electron chi connectivity index (χ0n) is 12.2. The molecule has 0 radical (unpaired) electrons. The molecule has 0 atom stereocenters. The quantitative estimate of drug-likeness (QED) is 0.714. The van der Waals surface area contributed by atoms with Gasteiger partial charge in [-0.15, -0.1) is 11.3 Å². The lowest BCUT2D eigenvalue weighted by molar-refractivity contribution is -0.120. The Morgan fingerprint density at radius 1 is 1.29 bits per heavy atom. The Balaban J connectivity index is 1.60. The van der Waals surface area contributed by atoms with Gasteiger partial charge in [-0.2, -0.15) is 0 Å². The highest BCUT2D eigenvalue weighted by atomic mass is 32.1. The molecule has 0 aliphatic rings. The van der Waals surface area contributed by atoms with E-state index in [0.717, 1.165) is 4.57 Å². The number of furan rings is 1. The van der Waals surface area contributed by atoms with Gasteiger partial charge in [0.1, 0.15) is 12.3 Å². The highest BCUT2D eigenvalue weighted by Gasteiger charge is 2.17. The van der Waals surface area contributed by atoms with Crippen molar-refractivity contribution in [2.75, 3.05) is 0 Å². The predicted octanol–water partition coefficient (Wildman–Crippen LogP) is 1.18. The van der Waals surface area contributed by atoms with Gasteiger partial charge >= 0.3 is 11.8 Å². The maximum atomic E-state index is 11.9. The molecule has 0 unspecified atom stereocenters. The van der Waals surface area contributed by atoms with E-state index in [-0.39, 0.29) is 18.9 Å². The fraction of sp³-hybridized carbons (Fsp3) is 0.143. The maximum Gasteiger partial charge on any atom is 0.442 e. The third-order valence-corrected chi connectivity index (χ3v) is 3.85. The molecule has 124 valence electrons. The van der Waals surface area contributed by atoms with E-state index in [1.807, 2.05) is 0 Å². The second-order valence-electron chi connectivity index (χ2n) is 4.65. The van der Waals surface area contributed by atoms with Crippen LogP contribution in [0.1, 0.15) is 5.76 Å². The predicted molar refractivity (Wildman–Crippen MR) is 83.2 cm³/mol. The number of amides is 3. The highest BCUT2D eigenvalue weighted by Crippen LogP contribution is 2.21. The third kappa shape index (κ3) is 3.60. The molecule has 3 aromatic heterocycles. The van der Waals surface area contributed by atoms with E-state index in [9.17, 15) is 14.4 Å². The second-order valence-corrected chi connectivity index (χ2v) is 5.59. The normalized spacial score (nSPS) is 10.5. The number of imide groups is 1. The van der Waals surface area contributed by atoms with Gasteiger partial charge in [-0.1, -0.05) is 11.2 Å². The minimum atomic E-state index is -0.774. The van der Waals surface area contributed by atoms with Crippen molar-refractivity contribution in [1.82, 2.24) is 20.4 Å². The summed E-state index contributed by atoms with van der Waals surface area (Å²) in [5.74, 6) is -0.659. The van der Waals surface area contributed by atoms with Crippen molar-refractivity contribution in [3.63, 3.8) is 0 Å². The highest BCUT2D eigenvalue weighted by molar-refractivity contribution is 7.13. The second kappa shape index (κ2) is 6.96. The van der Waals surface area contributed by atoms with E-state index in [1.54, 1.807) is 29.6 Å². The van der Waals surface area contributed by atoms with Crippen LogP contribution in [0.2, 0.25) is 0 Å². The number of aromatic nitrogens is 2. The summed E-state index contributed by atoms with van der Waals surface area (Å²) in [6.45, 7) is -0.247. The lowest BCUT2D eigenvalue weighted by Gasteiger charge is -2.06. The van der Waals surface area contributed by atoms with E-state index in [0.29, 0.717) is 10.6 Å². The molecular weight excluding hydrogens is 336 g/mol. The third-order valence-electron chi connectivity index (χ3n) is 2.99. The number of rotatable bonds is 5. The Bertz CT molecular complexity index is 879. The van der Waals surface area contributed by atoms with Crippen molar-refractivity contribution in [2.45, 2.75) is 13.1 Å². The van der Waals surface area contributed by atoms with E-state index in [1.165, 1.54) is 17.6 Å². The van der Waals surface area contributed by atoms with Crippen molar-refractivity contribution >= 4 is 23.3 Å². The molecule has 0 saturated carbocycles. The minimum Gasteiger partial charge on any atom is -0.467 e. The largest absolute Gasteiger partial charge is 0.467 e. The van der Waals surface area contributed by atoms with Gasteiger partial charge in [-0.05, 0) is 23.6 Å². The van der Waals surface area contributed by atoms with E-state index in [4.69, 9.17) is 4.42 Å². The maximum absolute atomic E-state index is 11.9. The number of carbonyl (C=O) groups is 2. The van der Waals surface area contributed by atoms with E-state index < -0.39 is 17.7 Å². The first-order chi connectivity index (χ1) is 11.6. The summed E-state index contributed by atoms with van der Waals surface area (Å²) < 4.78 is 10.7. The zero-order chi connectivity index (χ0) is 16.9. The first kappa shape index (κ1) is 15.7. The van der Waals surface area contributed by atoms with Crippen molar-refractivity contribution in [3.8, 4) is 10.7 Å². The number of nitrogens with zero attached hydrogens (tertiary/aromatic N) is 2. The summed E-state index contributed by atoms with van der Waals surface area (Å²) >= 11 is 1.35. The molecule has 3 aromatic rings.